The number of benzene rings is 1. The average molecular weight is 496 g/mol. The highest BCUT2D eigenvalue weighted by Crippen LogP contribution is 2.30. The van der Waals surface area contributed by atoms with Gasteiger partial charge >= 0.3 is 0 Å². The predicted molar refractivity (Wildman–Crippen MR) is 149 cm³/mol. The zero-order valence-electron chi connectivity index (χ0n) is 21.8. The topological polar surface area (TPSA) is 76.5 Å². The van der Waals surface area contributed by atoms with E-state index in [9.17, 15) is 4.79 Å². The molecular formula is C31H37N5O. The number of aryl methyl sites for hydroxylation is 1. The molecule has 2 aromatic heterocycles. The summed E-state index contributed by atoms with van der Waals surface area (Å²) in [5.74, 6) is 1.22. The number of imidazole rings is 1. The number of nitrogens with two attached hydrogens (primary N) is 1. The molecule has 6 nitrogen and oxygen atoms in total. The van der Waals surface area contributed by atoms with Crippen molar-refractivity contribution in [1.82, 2.24) is 19.5 Å². The molecule has 0 spiro atoms. The number of hydrogen-bond donors (Lipinski definition) is 1. The Morgan fingerprint density at radius 1 is 1.11 bits per heavy atom. The summed E-state index contributed by atoms with van der Waals surface area (Å²) in [6.07, 6.45) is 17.1. The third-order valence-electron chi connectivity index (χ3n) is 7.94. The number of aromatic nitrogens is 3. The summed E-state index contributed by atoms with van der Waals surface area (Å²) >= 11 is 0. The average Bonchev–Trinajstić information content (AvgIpc) is 3.58. The molecule has 0 radical (unpaired) electrons. The first-order chi connectivity index (χ1) is 18.0. The molecule has 0 unspecified atom stereocenters. The van der Waals surface area contributed by atoms with Crippen molar-refractivity contribution in [2.75, 3.05) is 13.1 Å². The Balaban J connectivity index is 1.25. The highest BCUT2D eigenvalue weighted by molar-refractivity contribution is 5.77. The molecular weight excluding hydrogens is 458 g/mol. The fourth-order valence-electron chi connectivity index (χ4n) is 5.69. The SMILES string of the molecule is C=C/C(=C\C=C(/N)C1CCN(C(=O)CC2CCCC2)CC1)c1cnn2c(-c3cccc(C)c3)cnc2c1. The van der Waals surface area contributed by atoms with Crippen LogP contribution in [-0.2, 0) is 4.79 Å². The van der Waals surface area contributed by atoms with Crippen molar-refractivity contribution in [2.45, 2.75) is 51.9 Å². The molecule has 1 saturated heterocycles. The first-order valence-corrected chi connectivity index (χ1v) is 13.5. The fraction of sp³-hybridized carbons (Fsp3) is 0.387. The van der Waals surface area contributed by atoms with E-state index in [1.807, 2.05) is 52.2 Å². The maximum atomic E-state index is 12.7. The number of fused-ring (bicyclic) bond motifs is 1. The monoisotopic (exact) mass is 495 g/mol. The second kappa shape index (κ2) is 11.2. The summed E-state index contributed by atoms with van der Waals surface area (Å²) in [5, 5.41) is 4.67. The minimum atomic E-state index is 0.294. The van der Waals surface area contributed by atoms with Gasteiger partial charge in [0.05, 0.1) is 18.1 Å². The summed E-state index contributed by atoms with van der Waals surface area (Å²) in [7, 11) is 0. The smallest absolute Gasteiger partial charge is 0.222 e. The summed E-state index contributed by atoms with van der Waals surface area (Å²) in [5.41, 5.74) is 13.3. The number of likely N-dealkylation sites (tertiary alicyclic amines) is 1. The molecule has 3 aromatic rings. The van der Waals surface area contributed by atoms with Crippen LogP contribution >= 0.6 is 0 Å². The second-order valence-electron chi connectivity index (χ2n) is 10.5. The first kappa shape index (κ1) is 25.0. The summed E-state index contributed by atoms with van der Waals surface area (Å²) in [6, 6.07) is 10.4. The molecule has 2 aliphatic rings. The van der Waals surface area contributed by atoms with Gasteiger partial charge in [-0.1, -0.05) is 55.3 Å². The van der Waals surface area contributed by atoms with E-state index in [-0.39, 0.29) is 0 Å². The summed E-state index contributed by atoms with van der Waals surface area (Å²) in [4.78, 5) is 19.3. The van der Waals surface area contributed by atoms with Crippen LogP contribution in [0.1, 0.15) is 56.1 Å². The molecule has 1 aliphatic carbocycles. The number of amides is 1. The minimum Gasteiger partial charge on any atom is -0.402 e. The molecule has 192 valence electrons. The molecule has 1 amide bonds. The van der Waals surface area contributed by atoms with Crippen LogP contribution in [0.2, 0.25) is 0 Å². The van der Waals surface area contributed by atoms with Crippen molar-refractivity contribution < 1.29 is 4.79 Å². The van der Waals surface area contributed by atoms with Crippen molar-refractivity contribution in [3.05, 3.63) is 84.4 Å². The van der Waals surface area contributed by atoms with Crippen LogP contribution in [0.4, 0.5) is 0 Å². The predicted octanol–water partition coefficient (Wildman–Crippen LogP) is 5.94. The van der Waals surface area contributed by atoms with Crippen molar-refractivity contribution in [3.63, 3.8) is 0 Å². The zero-order valence-corrected chi connectivity index (χ0v) is 21.8. The van der Waals surface area contributed by atoms with Crippen LogP contribution in [0.5, 0.6) is 0 Å². The third kappa shape index (κ3) is 5.68. The van der Waals surface area contributed by atoms with Crippen molar-refractivity contribution in [2.24, 2.45) is 17.6 Å². The van der Waals surface area contributed by atoms with Gasteiger partial charge in [-0.25, -0.2) is 9.50 Å². The lowest BCUT2D eigenvalue weighted by Gasteiger charge is -2.33. The van der Waals surface area contributed by atoms with Crippen LogP contribution in [0.25, 0.3) is 22.5 Å². The number of carbonyl (C=O) groups excluding carboxylic acids is 1. The molecule has 3 heterocycles. The summed E-state index contributed by atoms with van der Waals surface area (Å²) in [6.45, 7) is 7.68. The van der Waals surface area contributed by atoms with Crippen LogP contribution in [0.15, 0.2) is 73.2 Å². The molecule has 37 heavy (non-hydrogen) atoms. The Labute approximate surface area is 219 Å². The van der Waals surface area contributed by atoms with E-state index in [2.05, 4.69) is 41.8 Å². The van der Waals surface area contributed by atoms with Gasteiger partial charge in [-0.05, 0) is 62.3 Å². The van der Waals surface area contributed by atoms with Gasteiger partial charge in [-0.15, -0.1) is 0 Å². The van der Waals surface area contributed by atoms with E-state index in [4.69, 9.17) is 5.73 Å². The molecule has 1 saturated carbocycles. The van der Waals surface area contributed by atoms with Crippen molar-refractivity contribution >= 4 is 17.1 Å². The van der Waals surface area contributed by atoms with E-state index in [0.717, 1.165) is 66.1 Å². The molecule has 0 bridgehead atoms. The Kier molecular flexibility index (Phi) is 7.54. The van der Waals surface area contributed by atoms with Crippen LogP contribution < -0.4 is 5.73 Å². The van der Waals surface area contributed by atoms with Gasteiger partial charge in [0.15, 0.2) is 5.65 Å². The van der Waals surface area contributed by atoms with Gasteiger partial charge in [0, 0.05) is 42.3 Å². The number of hydrogen-bond acceptors (Lipinski definition) is 4. The van der Waals surface area contributed by atoms with Gasteiger partial charge in [0.25, 0.3) is 0 Å². The highest BCUT2D eigenvalue weighted by atomic mass is 16.2. The van der Waals surface area contributed by atoms with E-state index in [0.29, 0.717) is 17.7 Å². The first-order valence-electron chi connectivity index (χ1n) is 13.5. The molecule has 0 atom stereocenters. The molecule has 2 N–H and O–H groups in total. The Hall–Kier alpha value is -3.67. The number of nitrogens with zero attached hydrogens (tertiary/aromatic N) is 4. The van der Waals surface area contributed by atoms with Crippen LogP contribution in [0, 0.1) is 18.8 Å². The van der Waals surface area contributed by atoms with E-state index in [1.54, 1.807) is 0 Å². The van der Waals surface area contributed by atoms with E-state index >= 15 is 0 Å². The number of rotatable bonds is 7. The molecule has 6 heteroatoms. The lowest BCUT2D eigenvalue weighted by molar-refractivity contribution is -0.133. The van der Waals surface area contributed by atoms with Gasteiger partial charge in [-0.3, -0.25) is 4.79 Å². The standard InChI is InChI=1S/C31H37N5O/c1-3-24(27-19-30-33-21-29(36(30)34-20-27)26-10-6-7-22(2)17-26)11-12-28(32)25-13-15-35(16-14-25)31(37)18-23-8-4-5-9-23/h3,6-7,10-12,17,19-21,23,25H,1,4-5,8-9,13-16,18,32H2,2H3/b24-11+,28-12-. The molecule has 1 aliphatic heterocycles. The van der Waals surface area contributed by atoms with Gasteiger partial charge in [0.2, 0.25) is 5.91 Å². The highest BCUT2D eigenvalue weighted by Gasteiger charge is 2.26. The Morgan fingerprint density at radius 3 is 2.62 bits per heavy atom. The number of piperidine rings is 1. The number of carbonyl (C=O) groups is 1. The molecule has 2 fully saturated rings. The quantitative estimate of drug-likeness (QED) is 0.412. The van der Waals surface area contributed by atoms with Crippen LogP contribution in [0.3, 0.4) is 0 Å². The summed E-state index contributed by atoms with van der Waals surface area (Å²) < 4.78 is 1.87. The molecule has 1 aromatic carbocycles. The minimum absolute atomic E-state index is 0.294. The maximum Gasteiger partial charge on any atom is 0.222 e. The van der Waals surface area contributed by atoms with Gasteiger partial charge in [0.1, 0.15) is 0 Å². The Morgan fingerprint density at radius 2 is 1.89 bits per heavy atom. The lowest BCUT2D eigenvalue weighted by Crippen LogP contribution is -2.40. The van der Waals surface area contributed by atoms with Crippen molar-refractivity contribution in [3.8, 4) is 11.3 Å². The van der Waals surface area contributed by atoms with E-state index in [1.165, 1.54) is 31.2 Å². The number of allylic oxidation sites excluding steroid dienone is 5. The van der Waals surface area contributed by atoms with Gasteiger partial charge < -0.3 is 10.6 Å². The van der Waals surface area contributed by atoms with Crippen LogP contribution in [-0.4, -0.2) is 38.5 Å². The zero-order chi connectivity index (χ0) is 25.8. The Bertz CT molecular complexity index is 1340. The molecule has 5 rings (SSSR count). The van der Waals surface area contributed by atoms with Crippen molar-refractivity contribution in [1.29, 1.82) is 0 Å². The maximum absolute atomic E-state index is 12.7. The lowest BCUT2D eigenvalue weighted by atomic mass is 9.92. The fourth-order valence-corrected chi connectivity index (χ4v) is 5.69. The third-order valence-corrected chi connectivity index (χ3v) is 7.94. The normalized spacial score (nSPS) is 18.0. The van der Waals surface area contributed by atoms with Gasteiger partial charge in [-0.2, -0.15) is 5.10 Å². The van der Waals surface area contributed by atoms with E-state index < -0.39 is 0 Å². The largest absolute Gasteiger partial charge is 0.402 e. The second-order valence-corrected chi connectivity index (χ2v) is 10.5.